The van der Waals surface area contributed by atoms with Gasteiger partial charge in [-0.1, -0.05) is 45.9 Å². The van der Waals surface area contributed by atoms with E-state index >= 15 is 0 Å². The Labute approximate surface area is 193 Å². The molecule has 3 heterocycles. The second-order valence-electron chi connectivity index (χ2n) is 8.05. The number of benzene rings is 1. The lowest BCUT2D eigenvalue weighted by molar-refractivity contribution is 0.339. The Bertz CT molecular complexity index is 1010. The topological polar surface area (TPSA) is 48.7 Å². The van der Waals surface area contributed by atoms with Crippen LogP contribution in [-0.2, 0) is 0 Å². The molecule has 0 spiro atoms. The van der Waals surface area contributed by atoms with E-state index in [1.165, 1.54) is 24.2 Å². The van der Waals surface area contributed by atoms with Gasteiger partial charge in [0.25, 0.3) is 0 Å². The van der Waals surface area contributed by atoms with Gasteiger partial charge in [0.1, 0.15) is 5.82 Å². The first-order valence-electron chi connectivity index (χ1n) is 12.0. The monoisotopic (exact) mass is 434 g/mol. The van der Waals surface area contributed by atoms with Gasteiger partial charge in [-0.25, -0.2) is 9.50 Å². The van der Waals surface area contributed by atoms with Crippen molar-refractivity contribution in [2.24, 2.45) is 0 Å². The normalized spacial score (nSPS) is 14.2. The molecule has 4 rings (SSSR count). The Hall–Kier alpha value is -3.02. The molecule has 0 fully saturated rings. The van der Waals surface area contributed by atoms with E-state index in [-0.39, 0.29) is 0 Å². The second kappa shape index (κ2) is 11.6. The highest BCUT2D eigenvalue weighted by molar-refractivity contribution is 5.79. The van der Waals surface area contributed by atoms with Gasteiger partial charge in [-0.2, -0.15) is 5.10 Å². The van der Waals surface area contributed by atoms with Crippen LogP contribution >= 0.6 is 0 Å². The molecule has 0 unspecified atom stereocenters. The summed E-state index contributed by atoms with van der Waals surface area (Å²) in [6, 6.07) is 10.6. The molecular weight excluding hydrogens is 396 g/mol. The van der Waals surface area contributed by atoms with Crippen LogP contribution in [0.15, 0.2) is 55.0 Å². The summed E-state index contributed by atoms with van der Waals surface area (Å²) in [5.74, 6) is 0.881. The summed E-state index contributed by atoms with van der Waals surface area (Å²) in [6.07, 6.45) is 8.43. The maximum Gasteiger partial charge on any atom is 0.165 e. The van der Waals surface area contributed by atoms with Crippen LogP contribution in [0.4, 0.5) is 11.5 Å². The molecule has 0 amide bonds. The van der Waals surface area contributed by atoms with E-state index < -0.39 is 0 Å². The van der Waals surface area contributed by atoms with E-state index in [9.17, 15) is 0 Å². The first-order chi connectivity index (χ1) is 15.7. The van der Waals surface area contributed by atoms with Gasteiger partial charge in [-0.3, -0.25) is 0 Å². The van der Waals surface area contributed by atoms with Gasteiger partial charge in [0, 0.05) is 56.4 Å². The van der Waals surface area contributed by atoms with Crippen LogP contribution in [0.3, 0.4) is 0 Å². The average molecular weight is 435 g/mol. The Morgan fingerprint density at radius 3 is 2.81 bits per heavy atom. The SMILES string of the molecule is C=C(CCCC)N1CCCN(C)c2cccc(c2)-c2cnn3ccc(nc23)NCC1.CC. The molecule has 0 saturated carbocycles. The standard InChI is InChI=1S/C24H32N6.C2H6/c1-4-5-8-19(2)29-14-7-13-28(3)21-10-6-9-20(17-21)22-18-26-30-15-11-23(25-12-16-29)27-24(22)30;1-2/h6,9-11,15,17-18H,2,4-5,7-8,12-14,16H2,1,3H3,(H,25,27);1-2H3. The zero-order valence-corrected chi connectivity index (χ0v) is 20.1. The maximum atomic E-state index is 4.85. The van der Waals surface area contributed by atoms with Crippen molar-refractivity contribution in [1.82, 2.24) is 19.5 Å². The zero-order valence-electron chi connectivity index (χ0n) is 20.1. The number of unbranched alkanes of at least 4 members (excludes halogenated alkanes) is 1. The molecule has 3 aromatic rings. The van der Waals surface area contributed by atoms with Gasteiger partial charge in [-0.05, 0) is 43.0 Å². The van der Waals surface area contributed by atoms with Crippen molar-refractivity contribution in [2.45, 2.75) is 46.5 Å². The maximum absolute atomic E-state index is 4.85. The van der Waals surface area contributed by atoms with Gasteiger partial charge in [-0.15, -0.1) is 0 Å². The Kier molecular flexibility index (Phi) is 8.54. The lowest BCUT2D eigenvalue weighted by Crippen LogP contribution is -2.31. The van der Waals surface area contributed by atoms with Crippen LogP contribution in [0.1, 0.15) is 46.5 Å². The summed E-state index contributed by atoms with van der Waals surface area (Å²) in [6.45, 7) is 14.4. The second-order valence-corrected chi connectivity index (χ2v) is 8.05. The first-order valence-corrected chi connectivity index (χ1v) is 12.0. The van der Waals surface area contributed by atoms with Crippen LogP contribution < -0.4 is 10.2 Å². The highest BCUT2D eigenvalue weighted by Crippen LogP contribution is 2.28. The number of nitrogens with zero attached hydrogens (tertiary/aromatic N) is 5. The third-order valence-corrected chi connectivity index (χ3v) is 5.84. The first kappa shape index (κ1) is 23.6. The van der Waals surface area contributed by atoms with Crippen molar-refractivity contribution in [3.8, 4) is 11.1 Å². The number of fused-ring (bicyclic) bond motifs is 4. The lowest BCUT2D eigenvalue weighted by atomic mass is 10.1. The highest BCUT2D eigenvalue weighted by atomic mass is 15.3. The molecule has 32 heavy (non-hydrogen) atoms. The molecule has 1 aliphatic heterocycles. The molecule has 6 nitrogen and oxygen atoms in total. The van der Waals surface area contributed by atoms with Crippen LogP contribution in [0.25, 0.3) is 16.8 Å². The summed E-state index contributed by atoms with van der Waals surface area (Å²) in [5, 5.41) is 7.99. The van der Waals surface area contributed by atoms with Crippen molar-refractivity contribution in [3.05, 3.63) is 55.0 Å². The summed E-state index contributed by atoms with van der Waals surface area (Å²) >= 11 is 0. The lowest BCUT2D eigenvalue weighted by Gasteiger charge is -2.28. The van der Waals surface area contributed by atoms with E-state index in [2.05, 4.69) is 65.0 Å². The van der Waals surface area contributed by atoms with Crippen molar-refractivity contribution in [1.29, 1.82) is 0 Å². The number of aromatic nitrogens is 3. The van der Waals surface area contributed by atoms with Gasteiger partial charge >= 0.3 is 0 Å². The molecule has 1 N–H and O–H groups in total. The fourth-order valence-corrected chi connectivity index (χ4v) is 4.00. The molecule has 4 bridgehead atoms. The number of hydrogen-bond acceptors (Lipinski definition) is 5. The Morgan fingerprint density at radius 2 is 2.00 bits per heavy atom. The number of anilines is 2. The fraction of sp³-hybridized carbons (Fsp3) is 0.462. The minimum atomic E-state index is 0.835. The predicted octanol–water partition coefficient (Wildman–Crippen LogP) is 5.68. The number of rotatable bonds is 4. The summed E-state index contributed by atoms with van der Waals surface area (Å²) in [4.78, 5) is 9.63. The molecule has 2 aromatic heterocycles. The molecule has 6 heteroatoms. The molecule has 172 valence electrons. The minimum Gasteiger partial charge on any atom is -0.375 e. The van der Waals surface area contributed by atoms with Crippen LogP contribution in [0, 0.1) is 0 Å². The van der Waals surface area contributed by atoms with Crippen LogP contribution in [-0.4, -0.2) is 52.7 Å². The summed E-state index contributed by atoms with van der Waals surface area (Å²) in [7, 11) is 2.17. The molecule has 1 aliphatic rings. The van der Waals surface area contributed by atoms with E-state index in [0.29, 0.717) is 0 Å². The Balaban J connectivity index is 0.00000141. The van der Waals surface area contributed by atoms with Gasteiger partial charge in [0.05, 0.1) is 6.20 Å². The van der Waals surface area contributed by atoms with E-state index in [1.54, 1.807) is 0 Å². The third-order valence-electron chi connectivity index (χ3n) is 5.84. The third kappa shape index (κ3) is 5.61. The predicted molar refractivity (Wildman–Crippen MR) is 136 cm³/mol. The highest BCUT2D eigenvalue weighted by Gasteiger charge is 2.13. The molecule has 0 atom stereocenters. The molecule has 1 aromatic carbocycles. The Morgan fingerprint density at radius 1 is 1.16 bits per heavy atom. The van der Waals surface area contributed by atoms with E-state index in [4.69, 9.17) is 4.98 Å². The fourth-order valence-electron chi connectivity index (χ4n) is 4.00. The van der Waals surface area contributed by atoms with Crippen molar-refractivity contribution < 1.29 is 0 Å². The van der Waals surface area contributed by atoms with Crippen molar-refractivity contribution in [3.63, 3.8) is 0 Å². The molecule has 0 saturated heterocycles. The minimum absolute atomic E-state index is 0.835. The van der Waals surface area contributed by atoms with E-state index in [0.717, 1.165) is 61.6 Å². The van der Waals surface area contributed by atoms with E-state index in [1.807, 2.05) is 36.8 Å². The number of nitrogens with one attached hydrogen (secondary N) is 1. The quantitative estimate of drug-likeness (QED) is 0.572. The van der Waals surface area contributed by atoms with Crippen LogP contribution in [0.5, 0.6) is 0 Å². The largest absolute Gasteiger partial charge is 0.375 e. The smallest absolute Gasteiger partial charge is 0.165 e. The summed E-state index contributed by atoms with van der Waals surface area (Å²) in [5.41, 5.74) is 5.53. The molecule has 0 radical (unpaired) electrons. The van der Waals surface area contributed by atoms with Gasteiger partial charge in [0.15, 0.2) is 5.65 Å². The average Bonchev–Trinajstić information content (AvgIpc) is 3.25. The zero-order chi connectivity index (χ0) is 22.9. The van der Waals surface area contributed by atoms with Gasteiger partial charge in [0.2, 0.25) is 0 Å². The summed E-state index contributed by atoms with van der Waals surface area (Å²) < 4.78 is 1.84. The molecular formula is C26H38N6. The van der Waals surface area contributed by atoms with Crippen molar-refractivity contribution >= 4 is 17.2 Å². The number of allylic oxidation sites excluding steroid dienone is 1. The van der Waals surface area contributed by atoms with Crippen LogP contribution in [0.2, 0.25) is 0 Å². The van der Waals surface area contributed by atoms with Crippen molar-refractivity contribution in [2.75, 3.05) is 43.4 Å². The number of hydrogen-bond donors (Lipinski definition) is 1. The molecule has 0 aliphatic carbocycles. The van der Waals surface area contributed by atoms with Gasteiger partial charge < -0.3 is 15.1 Å².